The smallest absolute Gasteiger partial charge is 0.261 e. The number of carbonyl (C=O) groups excluding carboxylic acids is 1. The third-order valence-electron chi connectivity index (χ3n) is 4.28. The average Bonchev–Trinajstić information content (AvgIpc) is 3.32. The fourth-order valence-electron chi connectivity index (χ4n) is 2.97. The largest absolute Gasteiger partial charge is 0.496 e. The molecule has 2 N–H and O–H groups in total. The molecule has 9 nitrogen and oxygen atoms in total. The van der Waals surface area contributed by atoms with Crippen LogP contribution in [0, 0.1) is 0 Å². The normalized spacial score (nSPS) is 11.0. The molecular formula is C19H17ClN6O3. The monoisotopic (exact) mass is 412 g/mol. The number of halogens is 1. The van der Waals surface area contributed by atoms with Gasteiger partial charge in [0.2, 0.25) is 0 Å². The fraction of sp³-hybridized carbons (Fsp3) is 0.158. The summed E-state index contributed by atoms with van der Waals surface area (Å²) in [6, 6.07) is 6.86. The van der Waals surface area contributed by atoms with Crippen LogP contribution < -0.4 is 10.1 Å². The van der Waals surface area contributed by atoms with Crippen LogP contribution in [0.4, 0.5) is 5.69 Å². The lowest BCUT2D eigenvalue weighted by molar-refractivity contribution is 0.102. The lowest BCUT2D eigenvalue weighted by Gasteiger charge is -2.09. The number of hydrogen-bond donors (Lipinski definition) is 2. The molecule has 0 saturated carbocycles. The number of hydrogen-bond acceptors (Lipinski definition) is 6. The van der Waals surface area contributed by atoms with E-state index >= 15 is 0 Å². The second-order valence-electron chi connectivity index (χ2n) is 6.12. The summed E-state index contributed by atoms with van der Waals surface area (Å²) in [6.45, 7) is 0.170. The Labute approximate surface area is 170 Å². The Kier molecular flexibility index (Phi) is 5.15. The maximum atomic E-state index is 12.9. The van der Waals surface area contributed by atoms with Crippen LogP contribution in [-0.2, 0) is 6.54 Å². The molecule has 0 aliphatic rings. The van der Waals surface area contributed by atoms with Gasteiger partial charge in [-0.3, -0.25) is 9.48 Å². The van der Waals surface area contributed by atoms with Gasteiger partial charge in [0.1, 0.15) is 17.0 Å². The number of benzene rings is 1. The van der Waals surface area contributed by atoms with Gasteiger partial charge in [0.15, 0.2) is 5.65 Å². The molecule has 0 unspecified atom stereocenters. The van der Waals surface area contributed by atoms with Crippen LogP contribution in [0.2, 0.25) is 5.02 Å². The number of fused-ring (bicyclic) bond motifs is 1. The number of anilines is 1. The van der Waals surface area contributed by atoms with Crippen molar-refractivity contribution in [1.82, 2.24) is 24.4 Å². The standard InChI is InChI=1S/C19H17ClN6O3/c1-29-16-4-3-12(20)9-13(16)17-15(11-25(24-17)7-8-27)23-19(28)14-10-22-26-6-2-5-21-18(14)26/h2-6,9-11,27H,7-8H2,1H3,(H,23,28). The molecule has 0 radical (unpaired) electrons. The molecule has 29 heavy (non-hydrogen) atoms. The molecule has 10 heteroatoms. The maximum Gasteiger partial charge on any atom is 0.261 e. The molecular weight excluding hydrogens is 396 g/mol. The Hall–Kier alpha value is -3.43. The van der Waals surface area contributed by atoms with Crippen LogP contribution in [0.3, 0.4) is 0 Å². The molecule has 4 rings (SSSR count). The van der Waals surface area contributed by atoms with Crippen LogP contribution in [-0.4, -0.2) is 49.1 Å². The van der Waals surface area contributed by atoms with Gasteiger partial charge in [-0.15, -0.1) is 0 Å². The number of amides is 1. The third-order valence-corrected chi connectivity index (χ3v) is 4.51. The first-order valence-electron chi connectivity index (χ1n) is 8.72. The number of methoxy groups -OCH3 is 1. The van der Waals surface area contributed by atoms with Gasteiger partial charge in [-0.05, 0) is 24.3 Å². The van der Waals surface area contributed by atoms with E-state index in [1.165, 1.54) is 10.7 Å². The van der Waals surface area contributed by atoms with Crippen molar-refractivity contribution >= 4 is 28.8 Å². The van der Waals surface area contributed by atoms with Crippen LogP contribution in [0.1, 0.15) is 10.4 Å². The number of aliphatic hydroxyl groups excluding tert-OH is 1. The lowest BCUT2D eigenvalue weighted by atomic mass is 10.1. The summed E-state index contributed by atoms with van der Waals surface area (Å²) in [4.78, 5) is 17.1. The zero-order valence-corrected chi connectivity index (χ0v) is 16.2. The minimum absolute atomic E-state index is 0.0981. The number of ether oxygens (including phenoxy) is 1. The molecule has 0 spiro atoms. The van der Waals surface area contributed by atoms with Crippen LogP contribution >= 0.6 is 11.6 Å². The van der Waals surface area contributed by atoms with Crippen molar-refractivity contribution in [3.05, 3.63) is 59.6 Å². The van der Waals surface area contributed by atoms with Crippen LogP contribution in [0.5, 0.6) is 5.75 Å². The van der Waals surface area contributed by atoms with Gasteiger partial charge in [-0.2, -0.15) is 10.2 Å². The highest BCUT2D eigenvalue weighted by Gasteiger charge is 2.20. The summed E-state index contributed by atoms with van der Waals surface area (Å²) in [5.74, 6) is 0.168. The molecule has 0 fully saturated rings. The van der Waals surface area contributed by atoms with E-state index in [9.17, 15) is 9.90 Å². The minimum Gasteiger partial charge on any atom is -0.496 e. The van der Waals surface area contributed by atoms with E-state index in [0.29, 0.717) is 38.9 Å². The summed E-state index contributed by atoms with van der Waals surface area (Å²) >= 11 is 6.16. The van der Waals surface area contributed by atoms with Gasteiger partial charge >= 0.3 is 0 Å². The maximum absolute atomic E-state index is 12.9. The Morgan fingerprint density at radius 1 is 1.38 bits per heavy atom. The molecule has 148 valence electrons. The van der Waals surface area contributed by atoms with E-state index in [2.05, 4.69) is 20.5 Å². The molecule has 1 aromatic carbocycles. The number of nitrogens with zero attached hydrogens (tertiary/aromatic N) is 5. The highest BCUT2D eigenvalue weighted by molar-refractivity contribution is 6.31. The van der Waals surface area contributed by atoms with Crippen molar-refractivity contribution in [2.75, 3.05) is 19.0 Å². The van der Waals surface area contributed by atoms with Gasteiger partial charge < -0.3 is 15.2 Å². The molecule has 0 aliphatic carbocycles. The van der Waals surface area contributed by atoms with Crippen molar-refractivity contribution in [2.45, 2.75) is 6.54 Å². The average molecular weight is 413 g/mol. The third kappa shape index (κ3) is 3.65. The number of rotatable bonds is 6. The molecule has 3 aromatic heterocycles. The van der Waals surface area contributed by atoms with Crippen molar-refractivity contribution in [1.29, 1.82) is 0 Å². The van der Waals surface area contributed by atoms with Crippen molar-refractivity contribution in [3.8, 4) is 17.0 Å². The number of carbonyl (C=O) groups is 1. The summed E-state index contributed by atoms with van der Waals surface area (Å²) in [5, 5.41) is 21.3. The zero-order valence-electron chi connectivity index (χ0n) is 15.4. The fourth-order valence-corrected chi connectivity index (χ4v) is 3.14. The second-order valence-corrected chi connectivity index (χ2v) is 6.56. The van der Waals surface area contributed by atoms with E-state index in [1.807, 2.05) is 0 Å². The second kappa shape index (κ2) is 7.90. The Morgan fingerprint density at radius 2 is 2.24 bits per heavy atom. The SMILES string of the molecule is COc1ccc(Cl)cc1-c1nn(CCO)cc1NC(=O)c1cnn2cccnc12. The minimum atomic E-state index is -0.385. The highest BCUT2D eigenvalue weighted by Crippen LogP contribution is 2.36. The van der Waals surface area contributed by atoms with Gasteiger partial charge in [-0.25, -0.2) is 9.50 Å². The molecule has 3 heterocycles. The van der Waals surface area contributed by atoms with Gasteiger partial charge in [0.25, 0.3) is 5.91 Å². The van der Waals surface area contributed by atoms with E-state index in [-0.39, 0.29) is 19.1 Å². The number of aromatic nitrogens is 5. The summed E-state index contributed by atoms with van der Waals surface area (Å²) in [5.41, 5.74) is 2.29. The first kappa shape index (κ1) is 18.9. The quantitative estimate of drug-likeness (QED) is 0.504. The molecule has 0 aliphatic heterocycles. The molecule has 4 aromatic rings. The molecule has 1 amide bonds. The Morgan fingerprint density at radius 3 is 3.03 bits per heavy atom. The van der Waals surface area contributed by atoms with E-state index < -0.39 is 0 Å². The first-order chi connectivity index (χ1) is 14.1. The van der Waals surface area contributed by atoms with Gasteiger partial charge in [0.05, 0.1) is 32.1 Å². The highest BCUT2D eigenvalue weighted by atomic mass is 35.5. The summed E-state index contributed by atoms with van der Waals surface area (Å²) in [7, 11) is 1.54. The molecule has 0 saturated heterocycles. The van der Waals surface area contributed by atoms with Crippen LogP contribution in [0.25, 0.3) is 16.9 Å². The molecule has 0 atom stereocenters. The zero-order chi connectivity index (χ0) is 20.4. The summed E-state index contributed by atoms with van der Waals surface area (Å²) < 4.78 is 8.48. The number of aliphatic hydroxyl groups is 1. The predicted molar refractivity (Wildman–Crippen MR) is 107 cm³/mol. The first-order valence-corrected chi connectivity index (χ1v) is 9.10. The molecule has 0 bridgehead atoms. The van der Waals surface area contributed by atoms with E-state index in [0.717, 1.165) is 0 Å². The van der Waals surface area contributed by atoms with Crippen LogP contribution in [0.15, 0.2) is 49.1 Å². The topological polar surface area (TPSA) is 107 Å². The predicted octanol–water partition coefficient (Wildman–Crippen LogP) is 2.50. The Bertz CT molecular complexity index is 1190. The van der Waals surface area contributed by atoms with Crippen molar-refractivity contribution < 1.29 is 14.6 Å². The van der Waals surface area contributed by atoms with Crippen molar-refractivity contribution in [2.24, 2.45) is 0 Å². The number of nitrogens with one attached hydrogen (secondary N) is 1. The lowest BCUT2D eigenvalue weighted by Crippen LogP contribution is -2.12. The van der Waals surface area contributed by atoms with E-state index in [1.54, 1.807) is 54.6 Å². The van der Waals surface area contributed by atoms with Gasteiger partial charge in [-0.1, -0.05) is 11.6 Å². The van der Waals surface area contributed by atoms with E-state index in [4.69, 9.17) is 16.3 Å². The summed E-state index contributed by atoms with van der Waals surface area (Å²) in [6.07, 6.45) is 6.40. The van der Waals surface area contributed by atoms with Crippen molar-refractivity contribution in [3.63, 3.8) is 0 Å². The Balaban J connectivity index is 1.75. The van der Waals surface area contributed by atoms with Gasteiger partial charge in [0, 0.05) is 29.2 Å².